The highest BCUT2D eigenvalue weighted by Crippen LogP contribution is 2.19. The monoisotopic (exact) mass is 322 g/mol. The van der Waals surface area contributed by atoms with E-state index in [9.17, 15) is 5.11 Å². The molecule has 0 spiro atoms. The van der Waals surface area contributed by atoms with Gasteiger partial charge in [0.05, 0.1) is 12.1 Å². The molecule has 3 N–H and O–H groups in total. The predicted octanol–water partition coefficient (Wildman–Crippen LogP) is 0.713. The molecule has 0 saturated carbocycles. The van der Waals surface area contributed by atoms with Crippen LogP contribution in [-0.4, -0.2) is 44.7 Å². The highest BCUT2D eigenvalue weighted by Gasteiger charge is 2.18. The SMILES string of the molecule is [B]c1cnn2c(NCc3cccnc3)cc(NC(C)(C)CO)nc12. The van der Waals surface area contributed by atoms with Crippen molar-refractivity contribution in [1.29, 1.82) is 0 Å². The number of hydrogen-bond acceptors (Lipinski definition) is 6. The number of pyridine rings is 1. The van der Waals surface area contributed by atoms with E-state index < -0.39 is 5.54 Å². The van der Waals surface area contributed by atoms with Crippen LogP contribution in [0.25, 0.3) is 5.65 Å². The molecule has 0 atom stereocenters. The normalized spacial score (nSPS) is 11.6. The first-order valence-electron chi connectivity index (χ1n) is 7.64. The highest BCUT2D eigenvalue weighted by molar-refractivity contribution is 6.36. The minimum absolute atomic E-state index is 0.0208. The van der Waals surface area contributed by atoms with Gasteiger partial charge in [-0.25, -0.2) is 4.98 Å². The Morgan fingerprint density at radius 3 is 2.88 bits per heavy atom. The summed E-state index contributed by atoms with van der Waals surface area (Å²) < 4.78 is 1.66. The van der Waals surface area contributed by atoms with Gasteiger partial charge in [-0.2, -0.15) is 9.61 Å². The van der Waals surface area contributed by atoms with E-state index in [1.807, 2.05) is 32.0 Å². The summed E-state index contributed by atoms with van der Waals surface area (Å²) in [6.07, 6.45) is 5.11. The lowest BCUT2D eigenvalue weighted by Gasteiger charge is -2.24. The largest absolute Gasteiger partial charge is 0.394 e. The number of fused-ring (bicyclic) bond motifs is 1. The van der Waals surface area contributed by atoms with Gasteiger partial charge in [-0.05, 0) is 30.9 Å². The number of nitrogens with zero attached hydrogens (tertiary/aromatic N) is 4. The molecule has 0 bridgehead atoms. The molecular weight excluding hydrogens is 303 g/mol. The van der Waals surface area contributed by atoms with Gasteiger partial charge in [-0.15, -0.1) is 0 Å². The Morgan fingerprint density at radius 1 is 1.33 bits per heavy atom. The lowest BCUT2D eigenvalue weighted by atomic mass is 10.0. The fraction of sp³-hybridized carbons (Fsp3) is 0.312. The highest BCUT2D eigenvalue weighted by atomic mass is 16.3. The molecule has 0 amide bonds. The Morgan fingerprint density at radius 2 is 2.17 bits per heavy atom. The summed E-state index contributed by atoms with van der Waals surface area (Å²) in [6.45, 7) is 4.35. The molecule has 0 aromatic carbocycles. The number of aliphatic hydroxyl groups excluding tert-OH is 1. The average Bonchev–Trinajstić information content (AvgIpc) is 2.95. The maximum Gasteiger partial charge on any atom is 0.152 e. The first-order chi connectivity index (χ1) is 11.5. The van der Waals surface area contributed by atoms with E-state index in [0.717, 1.165) is 11.4 Å². The zero-order chi connectivity index (χ0) is 17.2. The van der Waals surface area contributed by atoms with Crippen LogP contribution in [0.15, 0.2) is 36.8 Å². The van der Waals surface area contributed by atoms with Crippen LogP contribution < -0.4 is 16.1 Å². The molecule has 0 fully saturated rings. The second-order valence-corrected chi connectivity index (χ2v) is 6.24. The number of hydrogen-bond donors (Lipinski definition) is 3. The summed E-state index contributed by atoms with van der Waals surface area (Å²) in [5, 5.41) is 20.2. The topological polar surface area (TPSA) is 87.4 Å². The van der Waals surface area contributed by atoms with Gasteiger partial charge < -0.3 is 15.7 Å². The molecule has 8 heteroatoms. The van der Waals surface area contributed by atoms with Crippen molar-refractivity contribution >= 4 is 30.6 Å². The van der Waals surface area contributed by atoms with Crippen LogP contribution in [0.1, 0.15) is 19.4 Å². The van der Waals surface area contributed by atoms with E-state index in [0.29, 0.717) is 23.5 Å². The number of aliphatic hydroxyl groups is 1. The molecular formula is C16H19BN6O. The van der Waals surface area contributed by atoms with Crippen molar-refractivity contribution in [3.05, 3.63) is 42.4 Å². The molecule has 7 nitrogen and oxygen atoms in total. The van der Waals surface area contributed by atoms with E-state index in [1.165, 1.54) is 0 Å². The van der Waals surface area contributed by atoms with Crippen LogP contribution in [0, 0.1) is 0 Å². The minimum atomic E-state index is -0.499. The van der Waals surface area contributed by atoms with E-state index in [-0.39, 0.29) is 6.61 Å². The Balaban J connectivity index is 1.93. The number of nitrogens with one attached hydrogen (secondary N) is 2. The summed E-state index contributed by atoms with van der Waals surface area (Å²) in [5.41, 5.74) is 1.60. The summed E-state index contributed by atoms with van der Waals surface area (Å²) in [5.74, 6) is 1.36. The fourth-order valence-electron chi connectivity index (χ4n) is 2.25. The van der Waals surface area contributed by atoms with Gasteiger partial charge in [-0.1, -0.05) is 6.07 Å². The van der Waals surface area contributed by atoms with Gasteiger partial charge in [-0.3, -0.25) is 4.98 Å². The molecule has 3 rings (SSSR count). The van der Waals surface area contributed by atoms with Gasteiger partial charge in [0.25, 0.3) is 0 Å². The molecule has 0 aliphatic carbocycles. The molecule has 0 aliphatic heterocycles. The quantitative estimate of drug-likeness (QED) is 0.580. The van der Waals surface area contributed by atoms with Gasteiger partial charge >= 0.3 is 0 Å². The van der Waals surface area contributed by atoms with Crippen LogP contribution in [0.3, 0.4) is 0 Å². The average molecular weight is 322 g/mol. The van der Waals surface area contributed by atoms with Gasteiger partial charge in [0, 0.05) is 31.2 Å². The lowest BCUT2D eigenvalue weighted by molar-refractivity contribution is 0.234. The molecule has 0 aliphatic rings. The zero-order valence-corrected chi connectivity index (χ0v) is 13.7. The second kappa shape index (κ2) is 6.49. The third-order valence-corrected chi connectivity index (χ3v) is 3.56. The maximum atomic E-state index is 9.45. The van der Waals surface area contributed by atoms with E-state index in [2.05, 4.69) is 25.7 Å². The van der Waals surface area contributed by atoms with Crippen molar-refractivity contribution in [3.63, 3.8) is 0 Å². The van der Waals surface area contributed by atoms with Crippen LogP contribution in [0.4, 0.5) is 11.6 Å². The Kier molecular flexibility index (Phi) is 4.39. The summed E-state index contributed by atoms with van der Waals surface area (Å²) in [6, 6.07) is 5.72. The van der Waals surface area contributed by atoms with Crippen molar-refractivity contribution in [3.8, 4) is 0 Å². The van der Waals surface area contributed by atoms with Gasteiger partial charge in [0.1, 0.15) is 19.5 Å². The number of aromatic nitrogens is 4. The number of rotatable bonds is 6. The molecule has 3 heterocycles. The predicted molar refractivity (Wildman–Crippen MR) is 94.7 cm³/mol. The summed E-state index contributed by atoms with van der Waals surface area (Å²) >= 11 is 0. The van der Waals surface area contributed by atoms with Crippen LogP contribution in [0.5, 0.6) is 0 Å². The molecule has 3 aromatic heterocycles. The minimum Gasteiger partial charge on any atom is -0.394 e. The van der Waals surface area contributed by atoms with Crippen molar-refractivity contribution < 1.29 is 5.11 Å². The van der Waals surface area contributed by atoms with Gasteiger partial charge in [0.15, 0.2) is 5.65 Å². The van der Waals surface area contributed by atoms with Gasteiger partial charge in [0.2, 0.25) is 0 Å². The third-order valence-electron chi connectivity index (χ3n) is 3.56. The molecule has 2 radical (unpaired) electrons. The zero-order valence-electron chi connectivity index (χ0n) is 13.7. The van der Waals surface area contributed by atoms with Crippen molar-refractivity contribution in [2.75, 3.05) is 17.2 Å². The van der Waals surface area contributed by atoms with Crippen LogP contribution in [-0.2, 0) is 6.54 Å². The Bertz CT molecular complexity index is 833. The first-order valence-corrected chi connectivity index (χ1v) is 7.64. The maximum absolute atomic E-state index is 9.45. The Labute approximate surface area is 141 Å². The van der Waals surface area contributed by atoms with Crippen molar-refractivity contribution in [2.45, 2.75) is 25.9 Å². The van der Waals surface area contributed by atoms with E-state index in [4.69, 9.17) is 7.85 Å². The van der Waals surface area contributed by atoms with E-state index in [1.54, 1.807) is 23.1 Å². The molecule has 0 saturated heterocycles. The number of anilines is 2. The van der Waals surface area contributed by atoms with Crippen LogP contribution in [0.2, 0.25) is 0 Å². The Hall–Kier alpha value is -2.61. The lowest BCUT2D eigenvalue weighted by Crippen LogP contribution is -2.35. The molecule has 24 heavy (non-hydrogen) atoms. The second-order valence-electron chi connectivity index (χ2n) is 6.24. The smallest absolute Gasteiger partial charge is 0.152 e. The summed E-state index contributed by atoms with van der Waals surface area (Å²) in [4.78, 5) is 8.59. The summed E-state index contributed by atoms with van der Waals surface area (Å²) in [7, 11) is 5.96. The van der Waals surface area contributed by atoms with Crippen LogP contribution >= 0.6 is 0 Å². The fourth-order valence-corrected chi connectivity index (χ4v) is 2.25. The molecule has 122 valence electrons. The molecule has 0 unspecified atom stereocenters. The first kappa shape index (κ1) is 16.3. The van der Waals surface area contributed by atoms with Crippen molar-refractivity contribution in [2.24, 2.45) is 0 Å². The third kappa shape index (κ3) is 3.49. The standard InChI is InChI=1S/C16H19BN6O/c1-16(2,10-24)22-13-6-14(19-8-11-4-3-5-18-7-11)23-15(21-13)12(17)9-20-23/h3-7,9,19,24H,8,10H2,1-2H3,(H,21,22). The van der Waals surface area contributed by atoms with Crippen molar-refractivity contribution in [1.82, 2.24) is 19.6 Å². The molecule has 3 aromatic rings. The van der Waals surface area contributed by atoms with E-state index >= 15 is 0 Å².